The monoisotopic (exact) mass is 668 g/mol. The average Bonchev–Trinajstić information content (AvgIpc) is 3.85. The summed E-state index contributed by atoms with van der Waals surface area (Å²) in [5, 5.41) is 6.64. The summed E-state index contributed by atoms with van der Waals surface area (Å²) in [7, 11) is 0. The van der Waals surface area contributed by atoms with Gasteiger partial charge in [0.2, 0.25) is 0 Å². The quantitative estimate of drug-likeness (QED) is 0.177. The van der Waals surface area contributed by atoms with E-state index in [2.05, 4.69) is 179 Å². The summed E-state index contributed by atoms with van der Waals surface area (Å²) in [4.78, 5) is 0. The van der Waals surface area contributed by atoms with Gasteiger partial charge < -0.3 is 9.13 Å². The van der Waals surface area contributed by atoms with E-state index in [0.29, 0.717) is 0 Å². The van der Waals surface area contributed by atoms with Gasteiger partial charge in [-0.25, -0.2) is 0 Å². The average molecular weight is 669 g/mol. The molecule has 0 N–H and O–H groups in total. The lowest BCUT2D eigenvalue weighted by atomic mass is 9.90. The van der Waals surface area contributed by atoms with E-state index in [-0.39, 0.29) is 0 Å². The Kier molecular flexibility index (Phi) is 6.28. The van der Waals surface area contributed by atoms with E-state index in [0.717, 1.165) is 12.8 Å². The third-order valence-electron chi connectivity index (χ3n) is 10.9. The van der Waals surface area contributed by atoms with Crippen molar-refractivity contribution in [2.24, 2.45) is 0 Å². The van der Waals surface area contributed by atoms with Gasteiger partial charge >= 0.3 is 0 Å². The number of thiophene rings is 1. The molecule has 0 atom stereocenters. The molecule has 0 saturated heterocycles. The zero-order valence-electron chi connectivity index (χ0n) is 27.9. The van der Waals surface area contributed by atoms with Crippen LogP contribution in [0.15, 0.2) is 164 Å². The molecular formula is C48H32N2S. The molecule has 0 fully saturated rings. The highest BCUT2D eigenvalue weighted by molar-refractivity contribution is 7.25. The Morgan fingerprint density at radius 3 is 1.86 bits per heavy atom. The number of allylic oxidation sites excluding steroid dienone is 1. The van der Waals surface area contributed by atoms with Gasteiger partial charge in [0.15, 0.2) is 0 Å². The van der Waals surface area contributed by atoms with Crippen LogP contribution in [0.25, 0.3) is 87.0 Å². The van der Waals surface area contributed by atoms with Crippen molar-refractivity contribution in [1.29, 1.82) is 0 Å². The summed E-state index contributed by atoms with van der Waals surface area (Å²) in [6.45, 7) is 0. The molecular weight excluding hydrogens is 637 g/mol. The van der Waals surface area contributed by atoms with Crippen LogP contribution in [0.1, 0.15) is 23.2 Å². The van der Waals surface area contributed by atoms with Crippen LogP contribution < -0.4 is 0 Å². The summed E-state index contributed by atoms with van der Waals surface area (Å²) in [5.41, 5.74) is 14.0. The van der Waals surface area contributed by atoms with Crippen molar-refractivity contribution in [1.82, 2.24) is 9.13 Å². The number of rotatable bonds is 4. The van der Waals surface area contributed by atoms with Crippen LogP contribution in [0.5, 0.6) is 0 Å². The Hall–Kier alpha value is -6.16. The van der Waals surface area contributed by atoms with E-state index >= 15 is 0 Å². The molecule has 3 heteroatoms. The smallest absolute Gasteiger partial charge is 0.0548 e. The second-order valence-corrected chi connectivity index (χ2v) is 14.7. The highest BCUT2D eigenvalue weighted by Gasteiger charge is 2.26. The van der Waals surface area contributed by atoms with Gasteiger partial charge in [0.25, 0.3) is 0 Å². The topological polar surface area (TPSA) is 9.86 Å². The van der Waals surface area contributed by atoms with Gasteiger partial charge in [-0.1, -0.05) is 103 Å². The lowest BCUT2D eigenvalue weighted by molar-refractivity contribution is 0.898. The Bertz CT molecular complexity index is 2990. The summed E-state index contributed by atoms with van der Waals surface area (Å²) in [6, 6.07) is 60.1. The molecule has 10 aromatic rings. The molecule has 11 rings (SSSR count). The SMILES string of the molecule is C1=C(c2ccc3sc4ccccc4c3c2)CCc2c1c1c3c4ccccc4n(-c4ccccc4)c3ccc1n2-c1ccc(-c2ccccc2)cc1. The van der Waals surface area contributed by atoms with Crippen molar-refractivity contribution < 1.29 is 0 Å². The molecule has 0 saturated carbocycles. The first-order valence-electron chi connectivity index (χ1n) is 17.7. The van der Waals surface area contributed by atoms with Crippen LogP contribution >= 0.6 is 11.3 Å². The third kappa shape index (κ3) is 4.35. The predicted octanol–water partition coefficient (Wildman–Crippen LogP) is 13.2. The molecule has 3 aromatic heterocycles. The van der Waals surface area contributed by atoms with Gasteiger partial charge in [0.05, 0.1) is 16.6 Å². The largest absolute Gasteiger partial charge is 0.313 e. The number of fused-ring (bicyclic) bond motifs is 10. The molecule has 0 amide bonds. The minimum absolute atomic E-state index is 0.970. The predicted molar refractivity (Wildman–Crippen MR) is 219 cm³/mol. The normalized spacial score (nSPS) is 13.1. The van der Waals surface area contributed by atoms with Gasteiger partial charge in [0, 0.05) is 59.0 Å². The molecule has 1 aliphatic carbocycles. The van der Waals surface area contributed by atoms with Crippen molar-refractivity contribution in [2.75, 3.05) is 0 Å². The zero-order chi connectivity index (χ0) is 33.5. The fourth-order valence-corrected chi connectivity index (χ4v) is 9.64. The van der Waals surface area contributed by atoms with E-state index in [4.69, 9.17) is 0 Å². The number of benzene rings is 7. The van der Waals surface area contributed by atoms with Crippen LogP contribution in [0.4, 0.5) is 0 Å². The summed E-state index contributed by atoms with van der Waals surface area (Å²) >= 11 is 1.89. The summed E-state index contributed by atoms with van der Waals surface area (Å²) in [5.74, 6) is 0. The molecule has 0 spiro atoms. The molecule has 0 radical (unpaired) electrons. The Balaban J connectivity index is 1.19. The second kappa shape index (κ2) is 11.2. The molecule has 2 nitrogen and oxygen atoms in total. The van der Waals surface area contributed by atoms with Crippen LogP contribution in [0.2, 0.25) is 0 Å². The molecule has 3 heterocycles. The van der Waals surface area contributed by atoms with Crippen molar-refractivity contribution in [3.63, 3.8) is 0 Å². The van der Waals surface area contributed by atoms with Gasteiger partial charge in [-0.2, -0.15) is 0 Å². The number of nitrogens with zero attached hydrogens (tertiary/aromatic N) is 2. The minimum Gasteiger partial charge on any atom is -0.313 e. The molecule has 0 aliphatic heterocycles. The maximum absolute atomic E-state index is 2.54. The number of hydrogen-bond acceptors (Lipinski definition) is 1. The first-order valence-corrected chi connectivity index (χ1v) is 18.5. The first kappa shape index (κ1) is 28.7. The minimum atomic E-state index is 0.970. The third-order valence-corrected chi connectivity index (χ3v) is 12.0. The number of aromatic nitrogens is 2. The summed E-state index contributed by atoms with van der Waals surface area (Å²) in [6.07, 6.45) is 4.48. The lowest BCUT2D eigenvalue weighted by Gasteiger charge is -2.18. The van der Waals surface area contributed by atoms with Crippen molar-refractivity contribution >= 4 is 75.9 Å². The maximum Gasteiger partial charge on any atom is 0.0548 e. The molecule has 1 aliphatic rings. The van der Waals surface area contributed by atoms with Crippen molar-refractivity contribution in [3.05, 3.63) is 181 Å². The number of hydrogen-bond donors (Lipinski definition) is 0. The van der Waals surface area contributed by atoms with Crippen molar-refractivity contribution in [2.45, 2.75) is 12.8 Å². The maximum atomic E-state index is 2.54. The summed E-state index contributed by atoms with van der Waals surface area (Å²) < 4.78 is 7.67. The Labute approximate surface area is 299 Å². The molecule has 240 valence electrons. The fourth-order valence-electron chi connectivity index (χ4n) is 8.56. The van der Waals surface area contributed by atoms with Crippen LogP contribution in [-0.4, -0.2) is 9.13 Å². The van der Waals surface area contributed by atoms with Crippen LogP contribution in [-0.2, 0) is 6.42 Å². The van der Waals surface area contributed by atoms with Crippen molar-refractivity contribution in [3.8, 4) is 22.5 Å². The van der Waals surface area contributed by atoms with Gasteiger partial charge in [0.1, 0.15) is 0 Å². The van der Waals surface area contributed by atoms with Gasteiger partial charge in [-0.15, -0.1) is 11.3 Å². The molecule has 0 unspecified atom stereocenters. The van der Waals surface area contributed by atoms with Crippen LogP contribution in [0.3, 0.4) is 0 Å². The van der Waals surface area contributed by atoms with Crippen LogP contribution in [0, 0.1) is 0 Å². The molecule has 0 bridgehead atoms. The van der Waals surface area contributed by atoms with E-state index in [9.17, 15) is 0 Å². The highest BCUT2D eigenvalue weighted by Crippen LogP contribution is 2.45. The fraction of sp³-hybridized carbons (Fsp3) is 0.0417. The van der Waals surface area contributed by atoms with E-state index in [1.54, 1.807) is 0 Å². The molecule has 51 heavy (non-hydrogen) atoms. The second-order valence-electron chi connectivity index (χ2n) is 13.6. The highest BCUT2D eigenvalue weighted by atomic mass is 32.1. The lowest BCUT2D eigenvalue weighted by Crippen LogP contribution is -2.05. The number of para-hydroxylation sites is 2. The first-order chi connectivity index (χ1) is 25.3. The standard InChI is InChI=1S/C48H32N2S/c1-3-11-31(12-4-1)32-19-23-36(24-20-32)50-42-25-21-33(34-22-28-46-39(29-34)37-15-8-10-18-45(37)51-46)30-40(42)48-44(50)27-26-43-47(48)38-16-7-9-17-41(38)49(43)35-13-5-2-6-14-35/h1-20,22-24,26-30H,21,25H2. The van der Waals surface area contributed by atoms with E-state index < -0.39 is 0 Å². The zero-order valence-corrected chi connectivity index (χ0v) is 28.7. The molecule has 7 aromatic carbocycles. The Morgan fingerprint density at radius 2 is 1.04 bits per heavy atom. The van der Waals surface area contributed by atoms with E-state index in [1.807, 2.05) is 11.3 Å². The Morgan fingerprint density at radius 1 is 0.412 bits per heavy atom. The van der Waals surface area contributed by atoms with E-state index in [1.165, 1.54) is 97.8 Å². The van der Waals surface area contributed by atoms with Gasteiger partial charge in [-0.05, 0) is 102 Å². The van der Waals surface area contributed by atoms with Gasteiger partial charge in [-0.3, -0.25) is 0 Å².